The Bertz CT molecular complexity index is 668. The lowest BCUT2D eigenvalue weighted by Crippen LogP contribution is -2.29. The van der Waals surface area contributed by atoms with Gasteiger partial charge in [-0.05, 0) is 43.4 Å². The Labute approximate surface area is 160 Å². The van der Waals surface area contributed by atoms with Gasteiger partial charge in [0.2, 0.25) is 0 Å². The molecule has 2 aliphatic rings. The highest BCUT2D eigenvalue weighted by Gasteiger charge is 2.22. The molecule has 0 amide bonds. The summed E-state index contributed by atoms with van der Waals surface area (Å²) in [5.74, 6) is 0.725. The van der Waals surface area contributed by atoms with Gasteiger partial charge >= 0.3 is 0 Å². The quantitative estimate of drug-likeness (QED) is 0.739. The van der Waals surface area contributed by atoms with Crippen molar-refractivity contribution in [3.63, 3.8) is 0 Å². The van der Waals surface area contributed by atoms with E-state index in [1.54, 1.807) is 0 Å². The smallest absolute Gasteiger partial charge is 0.0960 e. The van der Waals surface area contributed by atoms with Gasteiger partial charge in [-0.3, -0.25) is 0 Å². The Kier molecular flexibility index (Phi) is 6.79. The first-order chi connectivity index (χ1) is 10.8. The van der Waals surface area contributed by atoms with E-state index in [4.69, 9.17) is 10.7 Å². The van der Waals surface area contributed by atoms with Crippen LogP contribution in [0.2, 0.25) is 0 Å². The van der Waals surface area contributed by atoms with E-state index in [9.17, 15) is 0 Å². The second-order valence-corrected chi connectivity index (χ2v) is 7.42. The highest BCUT2D eigenvalue weighted by atomic mass is 35.5. The summed E-state index contributed by atoms with van der Waals surface area (Å²) in [6.45, 7) is 2.02. The van der Waals surface area contributed by atoms with Crippen molar-refractivity contribution >= 4 is 47.5 Å². The Morgan fingerprint density at radius 2 is 1.96 bits per heavy atom. The predicted molar refractivity (Wildman–Crippen MR) is 108 cm³/mol. The maximum absolute atomic E-state index is 6.14. The van der Waals surface area contributed by atoms with Crippen LogP contribution in [0.15, 0.2) is 23.6 Å². The Morgan fingerprint density at radius 1 is 1.17 bits per heavy atom. The molecule has 1 fully saturated rings. The molecule has 24 heavy (non-hydrogen) atoms. The molecular formula is C18H25Cl2N3S. The Morgan fingerprint density at radius 3 is 2.75 bits per heavy atom. The standard InChI is InChI=1S/C18H23N3S.2ClH/c19-16-8-3-9-17-15(16)7-4-10-21(17)11-14-12-22-18(20-14)13-5-1-2-6-13;;/h3,8-9,12-13H,1-2,4-7,10-11,19H2;2*1H. The molecule has 0 unspecified atom stereocenters. The van der Waals surface area contributed by atoms with E-state index in [1.165, 1.54) is 54.1 Å². The number of nitrogens with zero attached hydrogens (tertiary/aromatic N) is 2. The molecule has 1 saturated carbocycles. The predicted octanol–water partition coefficient (Wildman–Crippen LogP) is 5.18. The molecule has 0 bridgehead atoms. The molecule has 1 aliphatic carbocycles. The van der Waals surface area contributed by atoms with Gasteiger partial charge in [0.05, 0.1) is 17.2 Å². The number of nitrogen functional groups attached to an aromatic ring is 1. The number of hydrogen-bond acceptors (Lipinski definition) is 4. The zero-order chi connectivity index (χ0) is 14.9. The minimum atomic E-state index is 0. The first-order valence-electron chi connectivity index (χ1n) is 8.38. The van der Waals surface area contributed by atoms with Crippen LogP contribution >= 0.6 is 36.2 Å². The summed E-state index contributed by atoms with van der Waals surface area (Å²) in [6.07, 6.45) is 7.69. The van der Waals surface area contributed by atoms with Crippen molar-refractivity contribution in [2.45, 2.75) is 51.0 Å². The van der Waals surface area contributed by atoms with Crippen LogP contribution in [-0.4, -0.2) is 11.5 Å². The summed E-state index contributed by atoms with van der Waals surface area (Å²) in [4.78, 5) is 7.37. The second-order valence-electron chi connectivity index (χ2n) is 6.53. The number of aromatic nitrogens is 1. The van der Waals surface area contributed by atoms with Crippen LogP contribution in [0.5, 0.6) is 0 Å². The molecule has 0 spiro atoms. The molecule has 6 heteroatoms. The minimum absolute atomic E-state index is 0. The van der Waals surface area contributed by atoms with Crippen LogP contribution in [0.3, 0.4) is 0 Å². The van der Waals surface area contributed by atoms with Crippen LogP contribution in [-0.2, 0) is 13.0 Å². The van der Waals surface area contributed by atoms with Crippen LogP contribution in [0.4, 0.5) is 11.4 Å². The number of benzene rings is 1. The van der Waals surface area contributed by atoms with E-state index < -0.39 is 0 Å². The van der Waals surface area contributed by atoms with Crippen molar-refractivity contribution in [1.82, 2.24) is 4.98 Å². The van der Waals surface area contributed by atoms with Crippen molar-refractivity contribution in [3.05, 3.63) is 39.8 Å². The second kappa shape index (κ2) is 8.41. The van der Waals surface area contributed by atoms with E-state index in [0.717, 1.165) is 31.1 Å². The largest absolute Gasteiger partial charge is 0.398 e. The van der Waals surface area contributed by atoms with Crippen molar-refractivity contribution in [3.8, 4) is 0 Å². The zero-order valence-corrected chi connectivity index (χ0v) is 16.2. The van der Waals surface area contributed by atoms with Gasteiger partial charge in [0.25, 0.3) is 0 Å². The van der Waals surface area contributed by atoms with Crippen molar-refractivity contribution in [1.29, 1.82) is 0 Å². The fourth-order valence-electron chi connectivity index (χ4n) is 3.84. The van der Waals surface area contributed by atoms with Crippen molar-refractivity contribution in [2.75, 3.05) is 17.2 Å². The fourth-order valence-corrected chi connectivity index (χ4v) is 4.83. The van der Waals surface area contributed by atoms with Gasteiger partial charge in [-0.2, -0.15) is 0 Å². The number of rotatable bonds is 3. The molecule has 2 heterocycles. The number of halogens is 2. The topological polar surface area (TPSA) is 42.1 Å². The van der Waals surface area contributed by atoms with Gasteiger partial charge in [0.1, 0.15) is 0 Å². The highest BCUT2D eigenvalue weighted by molar-refractivity contribution is 7.09. The highest BCUT2D eigenvalue weighted by Crippen LogP contribution is 2.36. The first-order valence-corrected chi connectivity index (χ1v) is 9.26. The van der Waals surface area contributed by atoms with Gasteiger partial charge in [0.15, 0.2) is 0 Å². The van der Waals surface area contributed by atoms with Crippen LogP contribution < -0.4 is 10.6 Å². The molecule has 4 rings (SSSR count). The average molecular weight is 386 g/mol. The summed E-state index contributed by atoms with van der Waals surface area (Å²) < 4.78 is 0. The van der Waals surface area contributed by atoms with Gasteiger partial charge in [-0.1, -0.05) is 18.9 Å². The number of thiazole rings is 1. The lowest BCUT2D eigenvalue weighted by molar-refractivity contribution is 0.677. The summed E-state index contributed by atoms with van der Waals surface area (Å²) in [5, 5.41) is 3.62. The summed E-state index contributed by atoms with van der Waals surface area (Å²) in [5.41, 5.74) is 10.9. The molecule has 3 nitrogen and oxygen atoms in total. The Balaban J connectivity index is 0.00000104. The van der Waals surface area contributed by atoms with E-state index in [2.05, 4.69) is 22.4 Å². The average Bonchev–Trinajstić information content (AvgIpc) is 3.19. The van der Waals surface area contributed by atoms with E-state index in [0.29, 0.717) is 0 Å². The number of hydrogen-bond donors (Lipinski definition) is 1. The molecule has 2 aromatic rings. The molecular weight excluding hydrogens is 361 g/mol. The zero-order valence-electron chi connectivity index (χ0n) is 13.7. The lowest BCUT2D eigenvalue weighted by atomic mass is 10.00. The third-order valence-electron chi connectivity index (χ3n) is 5.01. The maximum Gasteiger partial charge on any atom is 0.0960 e. The molecule has 0 radical (unpaired) electrons. The monoisotopic (exact) mass is 385 g/mol. The van der Waals surface area contributed by atoms with Gasteiger partial charge in [-0.25, -0.2) is 4.98 Å². The maximum atomic E-state index is 6.14. The van der Waals surface area contributed by atoms with Gasteiger partial charge < -0.3 is 10.6 Å². The molecule has 0 atom stereocenters. The van der Waals surface area contributed by atoms with Gasteiger partial charge in [-0.15, -0.1) is 36.2 Å². The van der Waals surface area contributed by atoms with Crippen LogP contribution in [0, 0.1) is 0 Å². The summed E-state index contributed by atoms with van der Waals surface area (Å²) in [6, 6.07) is 6.29. The normalized spacial score (nSPS) is 17.1. The Hall–Kier alpha value is -0.970. The van der Waals surface area contributed by atoms with Crippen LogP contribution in [0.25, 0.3) is 0 Å². The molecule has 1 aromatic carbocycles. The molecule has 2 N–H and O–H groups in total. The molecule has 1 aliphatic heterocycles. The van der Waals surface area contributed by atoms with E-state index in [-0.39, 0.29) is 24.8 Å². The number of nitrogens with two attached hydrogens (primary N) is 1. The van der Waals surface area contributed by atoms with Crippen molar-refractivity contribution in [2.24, 2.45) is 0 Å². The third-order valence-corrected chi connectivity index (χ3v) is 6.07. The van der Waals surface area contributed by atoms with Crippen LogP contribution in [0.1, 0.15) is 54.3 Å². The van der Waals surface area contributed by atoms with E-state index >= 15 is 0 Å². The summed E-state index contributed by atoms with van der Waals surface area (Å²) in [7, 11) is 0. The van der Waals surface area contributed by atoms with Gasteiger partial charge in [0, 0.05) is 29.2 Å². The molecule has 0 saturated heterocycles. The minimum Gasteiger partial charge on any atom is -0.398 e. The van der Waals surface area contributed by atoms with E-state index in [1.807, 2.05) is 17.4 Å². The summed E-state index contributed by atoms with van der Waals surface area (Å²) >= 11 is 1.86. The number of fused-ring (bicyclic) bond motifs is 1. The lowest BCUT2D eigenvalue weighted by Gasteiger charge is -2.31. The van der Waals surface area contributed by atoms with Crippen molar-refractivity contribution < 1.29 is 0 Å². The molecule has 1 aromatic heterocycles. The molecule has 132 valence electrons. The number of anilines is 2. The SMILES string of the molecule is Cl.Cl.Nc1cccc2c1CCCN2Cc1csc(C2CCCC2)n1. The first kappa shape index (κ1) is 19.4. The fraction of sp³-hybridized carbons (Fsp3) is 0.500. The third kappa shape index (κ3) is 3.81.